The number of halogens is 3. The molecule has 2 nitrogen and oxygen atoms in total. The Hall–Kier alpha value is -0.680. The van der Waals surface area contributed by atoms with Crippen molar-refractivity contribution in [1.29, 1.82) is 0 Å². The van der Waals surface area contributed by atoms with Crippen LogP contribution in [0, 0.1) is 11.6 Å². The quantitative estimate of drug-likeness (QED) is 0.863. The average Bonchev–Trinajstić information content (AvgIpc) is 2.19. The van der Waals surface area contributed by atoms with Gasteiger partial charge >= 0.3 is 0 Å². The van der Waals surface area contributed by atoms with Crippen molar-refractivity contribution in [3.63, 3.8) is 0 Å². The van der Waals surface area contributed by atoms with Crippen LogP contribution in [-0.4, -0.2) is 17.0 Å². The lowest BCUT2D eigenvalue weighted by Gasteiger charge is -2.15. The van der Waals surface area contributed by atoms with Gasteiger partial charge in [0.05, 0.1) is 13.2 Å². The molecule has 0 aromatic heterocycles. The first kappa shape index (κ1) is 12.4. The summed E-state index contributed by atoms with van der Waals surface area (Å²) in [5, 5.41) is 9.57. The maximum Gasteiger partial charge on any atom is 0.165 e. The Bertz CT molecular complexity index is 356. The van der Waals surface area contributed by atoms with Crippen LogP contribution >= 0.6 is 15.9 Å². The molecular weight excluding hydrogens is 270 g/mol. The maximum atomic E-state index is 13.4. The molecule has 1 aromatic rings. The van der Waals surface area contributed by atoms with Gasteiger partial charge in [0.25, 0.3) is 0 Å². The van der Waals surface area contributed by atoms with Gasteiger partial charge in [-0.2, -0.15) is 0 Å². The van der Waals surface area contributed by atoms with Gasteiger partial charge in [-0.15, -0.1) is 0 Å². The van der Waals surface area contributed by atoms with Crippen LogP contribution in [0.2, 0.25) is 0 Å². The molecule has 84 valence electrons. The molecule has 0 fully saturated rings. The number of aliphatic hydroxyl groups excluding tert-OH is 1. The second-order valence-electron chi connectivity index (χ2n) is 3.13. The first-order valence-electron chi connectivity index (χ1n) is 4.32. The van der Waals surface area contributed by atoms with Crippen molar-refractivity contribution in [3.05, 3.63) is 29.3 Å². The zero-order chi connectivity index (χ0) is 11.6. The van der Waals surface area contributed by atoms with E-state index >= 15 is 0 Å². The Morgan fingerprint density at radius 3 is 2.40 bits per heavy atom. The second kappa shape index (κ2) is 4.90. The molecule has 0 saturated heterocycles. The van der Waals surface area contributed by atoms with E-state index in [1.807, 2.05) is 0 Å². The van der Waals surface area contributed by atoms with Crippen molar-refractivity contribution in [2.45, 2.75) is 17.9 Å². The summed E-state index contributed by atoms with van der Waals surface area (Å²) in [5.41, 5.74) is -0.0855. The number of hydrogen-bond donors (Lipinski definition) is 1. The van der Waals surface area contributed by atoms with Crippen molar-refractivity contribution in [2.75, 3.05) is 7.11 Å². The first-order valence-corrected chi connectivity index (χ1v) is 5.24. The maximum absolute atomic E-state index is 13.4. The van der Waals surface area contributed by atoms with E-state index in [0.29, 0.717) is 0 Å². The number of alkyl halides is 1. The van der Waals surface area contributed by atoms with E-state index in [4.69, 9.17) is 0 Å². The lowest BCUT2D eigenvalue weighted by Crippen LogP contribution is -2.10. The Balaban J connectivity index is 3.15. The standard InChI is InChI=1S/C10H11BrF2O2/c1-5(11)10(14)6-3-8(13)9(15-2)4-7(6)12/h3-5,10,14H,1-2H3. The fourth-order valence-electron chi connectivity index (χ4n) is 1.17. The summed E-state index contributed by atoms with van der Waals surface area (Å²) in [7, 11) is 1.25. The van der Waals surface area contributed by atoms with Crippen LogP contribution in [0.5, 0.6) is 5.75 Å². The molecule has 0 amide bonds. The molecule has 1 rings (SSSR count). The lowest BCUT2D eigenvalue weighted by molar-refractivity contribution is 0.175. The van der Waals surface area contributed by atoms with E-state index in [0.717, 1.165) is 12.1 Å². The molecule has 5 heteroatoms. The van der Waals surface area contributed by atoms with Crippen LogP contribution in [0.3, 0.4) is 0 Å². The average molecular weight is 281 g/mol. The van der Waals surface area contributed by atoms with Gasteiger partial charge in [-0.3, -0.25) is 0 Å². The fourth-order valence-corrected chi connectivity index (χ4v) is 1.46. The fraction of sp³-hybridized carbons (Fsp3) is 0.400. The van der Waals surface area contributed by atoms with E-state index in [9.17, 15) is 13.9 Å². The molecule has 0 saturated carbocycles. The summed E-state index contributed by atoms with van der Waals surface area (Å²) < 4.78 is 31.2. The van der Waals surface area contributed by atoms with Crippen molar-refractivity contribution in [2.24, 2.45) is 0 Å². The molecule has 0 heterocycles. The second-order valence-corrected chi connectivity index (χ2v) is 4.57. The summed E-state index contributed by atoms with van der Waals surface area (Å²) in [6.45, 7) is 1.65. The van der Waals surface area contributed by atoms with Crippen LogP contribution in [0.25, 0.3) is 0 Å². The molecule has 0 aliphatic rings. The lowest BCUT2D eigenvalue weighted by atomic mass is 10.1. The third-order valence-electron chi connectivity index (χ3n) is 2.02. The van der Waals surface area contributed by atoms with E-state index in [1.165, 1.54) is 7.11 Å². The van der Waals surface area contributed by atoms with Gasteiger partial charge in [-0.25, -0.2) is 8.78 Å². The van der Waals surface area contributed by atoms with Crippen LogP contribution in [0.4, 0.5) is 8.78 Å². The molecule has 1 N–H and O–H groups in total. The van der Waals surface area contributed by atoms with Crippen molar-refractivity contribution < 1.29 is 18.6 Å². The first-order chi connectivity index (χ1) is 6.97. The molecule has 1 aromatic carbocycles. The summed E-state index contributed by atoms with van der Waals surface area (Å²) in [4.78, 5) is -0.361. The highest BCUT2D eigenvalue weighted by Gasteiger charge is 2.20. The Labute approximate surface area is 95.0 Å². The minimum atomic E-state index is -1.09. The van der Waals surface area contributed by atoms with Gasteiger partial charge in [0.2, 0.25) is 0 Å². The number of rotatable bonds is 3. The topological polar surface area (TPSA) is 29.5 Å². The predicted molar refractivity (Wildman–Crippen MR) is 56.3 cm³/mol. The van der Waals surface area contributed by atoms with E-state index in [-0.39, 0.29) is 16.1 Å². The highest BCUT2D eigenvalue weighted by Crippen LogP contribution is 2.29. The number of hydrogen-bond acceptors (Lipinski definition) is 2. The molecule has 0 spiro atoms. The molecule has 2 atom stereocenters. The van der Waals surface area contributed by atoms with Crippen LogP contribution in [0.15, 0.2) is 12.1 Å². The molecular formula is C10H11BrF2O2. The van der Waals surface area contributed by atoms with E-state index in [1.54, 1.807) is 6.92 Å². The van der Waals surface area contributed by atoms with Crippen LogP contribution in [0.1, 0.15) is 18.6 Å². The minimum absolute atomic E-state index is 0.0855. The highest BCUT2D eigenvalue weighted by molar-refractivity contribution is 9.09. The van der Waals surface area contributed by atoms with Gasteiger partial charge in [-0.05, 0) is 13.0 Å². The molecule has 0 aliphatic carbocycles. The zero-order valence-corrected chi connectivity index (χ0v) is 9.88. The third kappa shape index (κ3) is 2.66. The summed E-state index contributed by atoms with van der Waals surface area (Å²) >= 11 is 3.10. The van der Waals surface area contributed by atoms with Crippen molar-refractivity contribution in [3.8, 4) is 5.75 Å². The molecule has 2 unspecified atom stereocenters. The van der Waals surface area contributed by atoms with Gasteiger partial charge in [-0.1, -0.05) is 15.9 Å². The van der Waals surface area contributed by atoms with Crippen molar-refractivity contribution in [1.82, 2.24) is 0 Å². The van der Waals surface area contributed by atoms with Gasteiger partial charge in [0.15, 0.2) is 11.6 Å². The predicted octanol–water partition coefficient (Wildman–Crippen LogP) is 2.79. The summed E-state index contributed by atoms with van der Waals surface area (Å²) in [6.07, 6.45) is -1.09. The molecule has 0 aliphatic heterocycles. The normalized spacial score (nSPS) is 14.8. The van der Waals surface area contributed by atoms with Gasteiger partial charge in [0, 0.05) is 16.5 Å². The van der Waals surface area contributed by atoms with Crippen LogP contribution < -0.4 is 4.74 Å². The number of benzene rings is 1. The number of aliphatic hydroxyl groups is 1. The Morgan fingerprint density at radius 2 is 1.93 bits per heavy atom. The Kier molecular flexibility index (Phi) is 4.04. The number of methoxy groups -OCH3 is 1. The Morgan fingerprint density at radius 1 is 1.33 bits per heavy atom. The highest BCUT2D eigenvalue weighted by atomic mass is 79.9. The largest absolute Gasteiger partial charge is 0.494 e. The number of ether oxygens (including phenoxy) is 1. The molecule has 0 radical (unpaired) electrons. The molecule has 0 bridgehead atoms. The monoisotopic (exact) mass is 280 g/mol. The summed E-state index contributed by atoms with van der Waals surface area (Å²) in [6, 6.07) is 1.86. The minimum Gasteiger partial charge on any atom is -0.494 e. The SMILES string of the molecule is COc1cc(F)c(C(O)C(C)Br)cc1F. The van der Waals surface area contributed by atoms with Gasteiger partial charge < -0.3 is 9.84 Å². The van der Waals surface area contributed by atoms with Crippen LogP contribution in [-0.2, 0) is 0 Å². The van der Waals surface area contributed by atoms with Gasteiger partial charge in [0.1, 0.15) is 5.82 Å². The summed E-state index contributed by atoms with van der Waals surface area (Å²) in [5.74, 6) is -1.56. The molecule has 15 heavy (non-hydrogen) atoms. The third-order valence-corrected chi connectivity index (χ3v) is 2.53. The smallest absolute Gasteiger partial charge is 0.165 e. The van der Waals surface area contributed by atoms with E-state index in [2.05, 4.69) is 20.7 Å². The van der Waals surface area contributed by atoms with Crippen molar-refractivity contribution >= 4 is 15.9 Å². The zero-order valence-electron chi connectivity index (χ0n) is 8.30. The van der Waals surface area contributed by atoms with E-state index < -0.39 is 17.7 Å².